The molecular weight excluding hydrogens is 352 g/mol. The number of hydrogen-bond donors (Lipinski definition) is 2. The monoisotopic (exact) mass is 378 g/mol. The number of hydrogen-bond acceptors (Lipinski definition) is 5. The molecule has 4 rings (SSSR count). The Kier molecular flexibility index (Phi) is 5.65. The highest BCUT2D eigenvalue weighted by Crippen LogP contribution is 2.25. The van der Waals surface area contributed by atoms with Crippen molar-refractivity contribution in [2.24, 2.45) is 0 Å². The Morgan fingerprint density at radius 1 is 0.893 bits per heavy atom. The fourth-order valence-electron chi connectivity index (χ4n) is 3.74. The molecule has 28 heavy (non-hydrogen) atoms. The first kappa shape index (κ1) is 18.6. The standard InChI is InChI=1S/C23H26N2O3/c26-20-8-4-7-19(15-20)25-13-11-24(12-14-25)16-21(27)17-28-23-10-3-6-18-5-1-2-9-22(18)23/h1-10,15,21,26-27H,11-14,16-17H2. The van der Waals surface area contributed by atoms with Crippen molar-refractivity contribution in [3.63, 3.8) is 0 Å². The van der Waals surface area contributed by atoms with Crippen LogP contribution < -0.4 is 9.64 Å². The van der Waals surface area contributed by atoms with Gasteiger partial charge in [0.25, 0.3) is 0 Å². The lowest BCUT2D eigenvalue weighted by Gasteiger charge is -2.36. The largest absolute Gasteiger partial charge is 0.508 e. The summed E-state index contributed by atoms with van der Waals surface area (Å²) in [6.45, 7) is 4.38. The summed E-state index contributed by atoms with van der Waals surface area (Å²) in [6, 6.07) is 21.5. The lowest BCUT2D eigenvalue weighted by atomic mass is 10.1. The molecule has 1 atom stereocenters. The lowest BCUT2D eigenvalue weighted by Crippen LogP contribution is -2.49. The molecule has 0 amide bonds. The van der Waals surface area contributed by atoms with Gasteiger partial charge in [-0.25, -0.2) is 0 Å². The number of rotatable bonds is 6. The van der Waals surface area contributed by atoms with Gasteiger partial charge in [0.15, 0.2) is 0 Å². The molecule has 3 aromatic carbocycles. The van der Waals surface area contributed by atoms with E-state index in [0.717, 1.165) is 48.4 Å². The first-order valence-corrected chi connectivity index (χ1v) is 9.74. The first-order valence-electron chi connectivity index (χ1n) is 9.74. The number of β-amino-alcohol motifs (C(OH)–C–C–N with tert-alkyl or cyclic N) is 1. The van der Waals surface area contributed by atoms with Crippen LogP contribution in [0.3, 0.4) is 0 Å². The minimum atomic E-state index is -0.536. The number of ether oxygens (including phenoxy) is 1. The highest BCUT2D eigenvalue weighted by atomic mass is 16.5. The van der Waals surface area contributed by atoms with Gasteiger partial charge in [-0.15, -0.1) is 0 Å². The Labute approximate surface area is 165 Å². The summed E-state index contributed by atoms with van der Waals surface area (Å²) < 4.78 is 5.91. The van der Waals surface area contributed by atoms with Crippen molar-refractivity contribution in [2.75, 3.05) is 44.2 Å². The SMILES string of the molecule is Oc1cccc(N2CCN(CC(O)COc3cccc4ccccc34)CC2)c1. The molecule has 1 unspecified atom stereocenters. The van der Waals surface area contributed by atoms with Gasteiger partial charge in [-0.3, -0.25) is 4.90 Å². The van der Waals surface area contributed by atoms with Crippen molar-refractivity contribution >= 4 is 16.5 Å². The summed E-state index contributed by atoms with van der Waals surface area (Å²) in [5.41, 5.74) is 1.04. The van der Waals surface area contributed by atoms with E-state index in [1.165, 1.54) is 0 Å². The maximum Gasteiger partial charge on any atom is 0.127 e. The van der Waals surface area contributed by atoms with Crippen LogP contribution in [-0.2, 0) is 0 Å². The predicted octanol–water partition coefficient (Wildman–Crippen LogP) is 3.11. The van der Waals surface area contributed by atoms with E-state index in [-0.39, 0.29) is 6.61 Å². The highest BCUT2D eigenvalue weighted by molar-refractivity contribution is 5.88. The summed E-state index contributed by atoms with van der Waals surface area (Å²) in [4.78, 5) is 4.52. The Hall–Kier alpha value is -2.76. The summed E-state index contributed by atoms with van der Waals surface area (Å²) >= 11 is 0. The van der Waals surface area contributed by atoms with Crippen LogP contribution in [0.4, 0.5) is 5.69 Å². The van der Waals surface area contributed by atoms with Gasteiger partial charge in [0.05, 0.1) is 0 Å². The van der Waals surface area contributed by atoms with Gasteiger partial charge in [0.2, 0.25) is 0 Å². The second-order valence-electron chi connectivity index (χ2n) is 7.25. The number of phenols is 1. The van der Waals surface area contributed by atoms with Crippen LogP contribution in [0.5, 0.6) is 11.5 Å². The van der Waals surface area contributed by atoms with Crippen LogP contribution in [0.1, 0.15) is 0 Å². The first-order chi connectivity index (χ1) is 13.7. The van der Waals surface area contributed by atoms with Crippen molar-refractivity contribution in [2.45, 2.75) is 6.10 Å². The number of benzene rings is 3. The molecule has 5 nitrogen and oxygen atoms in total. The number of phenolic OH excluding ortho intramolecular Hbond substituents is 1. The zero-order valence-corrected chi connectivity index (χ0v) is 15.9. The van der Waals surface area contributed by atoms with Crippen LogP contribution in [0, 0.1) is 0 Å². The Morgan fingerprint density at radius 3 is 2.46 bits per heavy atom. The van der Waals surface area contributed by atoms with Gasteiger partial charge in [-0.1, -0.05) is 42.5 Å². The minimum Gasteiger partial charge on any atom is -0.508 e. The molecule has 1 fully saturated rings. The van der Waals surface area contributed by atoms with Crippen LogP contribution in [0.15, 0.2) is 66.7 Å². The summed E-state index contributed by atoms with van der Waals surface area (Å²) in [5.74, 6) is 1.10. The molecule has 3 aromatic rings. The zero-order chi connectivity index (χ0) is 19.3. The van der Waals surface area contributed by atoms with Crippen molar-refractivity contribution in [3.8, 4) is 11.5 Å². The molecule has 0 spiro atoms. The van der Waals surface area contributed by atoms with Crippen molar-refractivity contribution in [1.29, 1.82) is 0 Å². The third kappa shape index (κ3) is 4.38. The third-order valence-electron chi connectivity index (χ3n) is 5.22. The van der Waals surface area contributed by atoms with Crippen LogP contribution in [-0.4, -0.2) is 60.5 Å². The van der Waals surface area contributed by atoms with Crippen LogP contribution in [0.25, 0.3) is 10.8 Å². The van der Waals surface area contributed by atoms with Gasteiger partial charge in [0.1, 0.15) is 24.2 Å². The molecule has 0 saturated carbocycles. The Bertz CT molecular complexity index is 917. The van der Waals surface area contributed by atoms with Gasteiger partial charge >= 0.3 is 0 Å². The van der Waals surface area contributed by atoms with Gasteiger partial charge in [-0.2, -0.15) is 0 Å². The predicted molar refractivity (Wildman–Crippen MR) is 112 cm³/mol. The molecule has 2 N–H and O–H groups in total. The fourth-order valence-corrected chi connectivity index (χ4v) is 3.74. The summed E-state index contributed by atoms with van der Waals surface area (Å²) in [5, 5.41) is 22.3. The van der Waals surface area contributed by atoms with E-state index < -0.39 is 6.10 Å². The quantitative estimate of drug-likeness (QED) is 0.690. The van der Waals surface area contributed by atoms with Crippen molar-refractivity contribution in [3.05, 3.63) is 66.7 Å². The molecule has 1 heterocycles. The normalized spacial score (nSPS) is 16.2. The molecule has 1 aliphatic heterocycles. The van der Waals surface area contributed by atoms with Gasteiger partial charge in [-0.05, 0) is 23.6 Å². The number of nitrogens with zero attached hydrogens (tertiary/aromatic N) is 2. The Morgan fingerprint density at radius 2 is 1.64 bits per heavy atom. The number of piperazine rings is 1. The molecule has 0 aromatic heterocycles. The molecular formula is C23H26N2O3. The molecule has 0 bridgehead atoms. The molecule has 0 aliphatic carbocycles. The minimum absolute atomic E-state index is 0.279. The average molecular weight is 378 g/mol. The van der Waals surface area contributed by atoms with Crippen LogP contribution in [0.2, 0.25) is 0 Å². The third-order valence-corrected chi connectivity index (χ3v) is 5.22. The molecule has 5 heteroatoms. The number of aromatic hydroxyl groups is 1. The van der Waals surface area contributed by atoms with E-state index in [0.29, 0.717) is 12.3 Å². The zero-order valence-electron chi connectivity index (χ0n) is 15.9. The van der Waals surface area contributed by atoms with Crippen molar-refractivity contribution < 1.29 is 14.9 Å². The van der Waals surface area contributed by atoms with E-state index >= 15 is 0 Å². The van der Waals surface area contributed by atoms with E-state index in [9.17, 15) is 10.2 Å². The van der Waals surface area contributed by atoms with E-state index in [2.05, 4.69) is 21.9 Å². The molecule has 1 saturated heterocycles. The molecule has 1 aliphatic rings. The van der Waals surface area contributed by atoms with Crippen LogP contribution >= 0.6 is 0 Å². The van der Waals surface area contributed by atoms with E-state index in [4.69, 9.17) is 4.74 Å². The van der Waals surface area contributed by atoms with E-state index in [1.807, 2.05) is 42.5 Å². The number of aliphatic hydroxyl groups excluding tert-OH is 1. The maximum absolute atomic E-state index is 10.4. The second-order valence-corrected chi connectivity index (χ2v) is 7.25. The fraction of sp³-hybridized carbons (Fsp3) is 0.304. The van der Waals surface area contributed by atoms with Crippen molar-refractivity contribution in [1.82, 2.24) is 4.90 Å². The van der Waals surface area contributed by atoms with Gasteiger partial charge < -0.3 is 19.8 Å². The summed E-state index contributed by atoms with van der Waals surface area (Å²) in [7, 11) is 0. The number of anilines is 1. The smallest absolute Gasteiger partial charge is 0.127 e. The topological polar surface area (TPSA) is 56.2 Å². The molecule has 0 radical (unpaired) electrons. The maximum atomic E-state index is 10.4. The Balaban J connectivity index is 1.27. The average Bonchev–Trinajstić information content (AvgIpc) is 2.73. The van der Waals surface area contributed by atoms with Gasteiger partial charge in [0, 0.05) is 49.9 Å². The second kappa shape index (κ2) is 8.50. The number of aliphatic hydroxyl groups is 1. The highest BCUT2D eigenvalue weighted by Gasteiger charge is 2.20. The van der Waals surface area contributed by atoms with E-state index in [1.54, 1.807) is 12.1 Å². The number of fused-ring (bicyclic) bond motifs is 1. The lowest BCUT2D eigenvalue weighted by molar-refractivity contribution is 0.0668. The molecule has 146 valence electrons. The summed E-state index contributed by atoms with van der Waals surface area (Å²) in [6.07, 6.45) is -0.536.